The Morgan fingerprint density at radius 3 is 2.68 bits per heavy atom. The molecule has 3 N–H and O–H groups in total. The molecule has 0 unspecified atom stereocenters. The second kappa shape index (κ2) is 9.20. The van der Waals surface area contributed by atoms with E-state index < -0.39 is 11.7 Å². The van der Waals surface area contributed by atoms with Crippen LogP contribution in [0.3, 0.4) is 0 Å². The van der Waals surface area contributed by atoms with Gasteiger partial charge < -0.3 is 24.8 Å². The molecule has 2 aromatic heterocycles. The third-order valence-corrected chi connectivity index (χ3v) is 6.08. The summed E-state index contributed by atoms with van der Waals surface area (Å²) in [5.41, 5.74) is 11.3. The molecule has 3 heterocycles. The number of carbonyl (C=O) groups excluding carboxylic acids is 1. The van der Waals surface area contributed by atoms with E-state index in [1.54, 1.807) is 17.7 Å². The van der Waals surface area contributed by atoms with Crippen molar-refractivity contribution in [2.75, 3.05) is 43.3 Å². The Morgan fingerprint density at radius 2 is 1.92 bits per heavy atom. The summed E-state index contributed by atoms with van der Waals surface area (Å²) in [6.07, 6.45) is 0.875. The largest absolute Gasteiger partial charge is 0.495 e. The number of likely N-dealkylation sites (N-methyl/N-ethyl adjacent to an activating group) is 1. The van der Waals surface area contributed by atoms with Crippen molar-refractivity contribution in [2.24, 2.45) is 0 Å². The second-order valence-electron chi connectivity index (χ2n) is 9.84. The first-order chi connectivity index (χ1) is 17.6. The fraction of sp³-hybridized carbons (Fsp3) is 0.296. The van der Waals surface area contributed by atoms with E-state index in [0.29, 0.717) is 29.4 Å². The number of ether oxygens (including phenoxy) is 3. The highest BCUT2D eigenvalue weighted by molar-refractivity contribution is 5.94. The number of rotatable bonds is 4. The molecule has 0 radical (unpaired) electrons. The van der Waals surface area contributed by atoms with Gasteiger partial charge in [-0.1, -0.05) is 12.1 Å². The van der Waals surface area contributed by atoms with Crippen LogP contribution >= 0.6 is 0 Å². The number of fused-ring (bicyclic) bond motifs is 2. The van der Waals surface area contributed by atoms with Crippen LogP contribution in [0.15, 0.2) is 48.8 Å². The van der Waals surface area contributed by atoms with Gasteiger partial charge in [-0.3, -0.25) is 5.32 Å². The molecule has 0 bridgehead atoms. The van der Waals surface area contributed by atoms with Crippen LogP contribution < -0.4 is 25.4 Å². The van der Waals surface area contributed by atoms with E-state index >= 15 is 0 Å². The summed E-state index contributed by atoms with van der Waals surface area (Å²) >= 11 is 0. The lowest BCUT2D eigenvalue weighted by Crippen LogP contribution is -2.28. The molecule has 2 aromatic carbocycles. The number of carbonyl (C=O) groups is 1. The van der Waals surface area contributed by atoms with Crippen molar-refractivity contribution in [1.82, 2.24) is 14.6 Å². The van der Waals surface area contributed by atoms with E-state index in [4.69, 9.17) is 19.9 Å². The van der Waals surface area contributed by atoms with Crippen LogP contribution in [-0.2, 0) is 4.74 Å². The number of hydrogen-bond acceptors (Lipinski definition) is 8. The molecule has 192 valence electrons. The Bertz CT molecular complexity index is 1490. The molecule has 1 aliphatic heterocycles. The van der Waals surface area contributed by atoms with Crippen molar-refractivity contribution in [1.29, 1.82) is 0 Å². The number of anilines is 3. The van der Waals surface area contributed by atoms with Gasteiger partial charge in [0.15, 0.2) is 5.82 Å². The van der Waals surface area contributed by atoms with E-state index in [2.05, 4.69) is 27.3 Å². The summed E-state index contributed by atoms with van der Waals surface area (Å²) in [7, 11) is 3.60. The summed E-state index contributed by atoms with van der Waals surface area (Å²) < 4.78 is 18.7. The van der Waals surface area contributed by atoms with Crippen LogP contribution in [0.2, 0.25) is 0 Å². The Labute approximate surface area is 215 Å². The number of methoxy groups -OCH3 is 1. The third kappa shape index (κ3) is 4.69. The second-order valence-corrected chi connectivity index (χ2v) is 9.84. The highest BCUT2D eigenvalue weighted by Crippen LogP contribution is 2.40. The Kier molecular flexibility index (Phi) is 6.02. The maximum Gasteiger partial charge on any atom is 0.412 e. The summed E-state index contributed by atoms with van der Waals surface area (Å²) in [5.74, 6) is 1.65. The van der Waals surface area contributed by atoms with Gasteiger partial charge in [0.05, 0.1) is 30.7 Å². The minimum Gasteiger partial charge on any atom is -0.495 e. The molecule has 0 fully saturated rings. The maximum atomic E-state index is 12.3. The predicted octanol–water partition coefficient (Wildman–Crippen LogP) is 4.83. The van der Waals surface area contributed by atoms with Crippen molar-refractivity contribution in [3.05, 3.63) is 48.8 Å². The van der Waals surface area contributed by atoms with Crippen LogP contribution in [0.25, 0.3) is 27.9 Å². The summed E-state index contributed by atoms with van der Waals surface area (Å²) in [5, 5.41) is 7.24. The van der Waals surface area contributed by atoms with E-state index in [0.717, 1.165) is 40.4 Å². The number of nitrogens with two attached hydrogens (primary N) is 1. The molecule has 0 atom stereocenters. The number of amides is 1. The van der Waals surface area contributed by atoms with Crippen molar-refractivity contribution >= 4 is 28.8 Å². The fourth-order valence-electron chi connectivity index (χ4n) is 4.39. The summed E-state index contributed by atoms with van der Waals surface area (Å²) in [6, 6.07) is 13.6. The Morgan fingerprint density at radius 1 is 1.14 bits per heavy atom. The number of benzene rings is 2. The van der Waals surface area contributed by atoms with E-state index in [-0.39, 0.29) is 0 Å². The molecule has 0 spiro atoms. The minimum atomic E-state index is -0.617. The first-order valence-electron chi connectivity index (χ1n) is 11.9. The Balaban J connectivity index is 1.58. The minimum absolute atomic E-state index is 0.347. The first kappa shape index (κ1) is 24.2. The van der Waals surface area contributed by atoms with Gasteiger partial charge in [0.25, 0.3) is 0 Å². The number of nitrogens with zero attached hydrogens (tertiary/aromatic N) is 4. The molecule has 0 saturated carbocycles. The van der Waals surface area contributed by atoms with Crippen molar-refractivity contribution in [2.45, 2.75) is 26.4 Å². The predicted molar refractivity (Wildman–Crippen MR) is 143 cm³/mol. The summed E-state index contributed by atoms with van der Waals surface area (Å²) in [4.78, 5) is 18.7. The van der Waals surface area contributed by atoms with Crippen LogP contribution in [0.5, 0.6) is 11.5 Å². The average molecular weight is 503 g/mol. The normalized spacial score (nSPS) is 13.2. The van der Waals surface area contributed by atoms with E-state index in [1.165, 1.54) is 6.33 Å². The highest BCUT2D eigenvalue weighted by atomic mass is 16.6. The van der Waals surface area contributed by atoms with Crippen molar-refractivity contribution in [3.63, 3.8) is 0 Å². The molecule has 0 aliphatic carbocycles. The molecule has 4 aromatic rings. The van der Waals surface area contributed by atoms with Crippen LogP contribution in [0.1, 0.15) is 20.8 Å². The zero-order valence-electron chi connectivity index (χ0n) is 21.5. The molecular formula is C27H30N6O4. The molecule has 1 amide bonds. The number of nitrogen functional groups attached to an aromatic ring is 1. The van der Waals surface area contributed by atoms with Gasteiger partial charge in [0, 0.05) is 18.2 Å². The molecule has 5 rings (SSSR count). The number of aromatic nitrogens is 3. The van der Waals surface area contributed by atoms with Gasteiger partial charge in [0.2, 0.25) is 0 Å². The smallest absolute Gasteiger partial charge is 0.412 e. The fourth-order valence-corrected chi connectivity index (χ4v) is 4.39. The zero-order chi connectivity index (χ0) is 26.3. The highest BCUT2D eigenvalue weighted by Gasteiger charge is 2.22. The van der Waals surface area contributed by atoms with Gasteiger partial charge in [0.1, 0.15) is 35.6 Å². The third-order valence-electron chi connectivity index (χ3n) is 6.08. The molecule has 10 nitrogen and oxygen atoms in total. The Hall–Kier alpha value is -4.47. The quantitative estimate of drug-likeness (QED) is 0.408. The molecule has 37 heavy (non-hydrogen) atoms. The number of hydrogen-bond donors (Lipinski definition) is 2. The maximum absolute atomic E-state index is 12.3. The van der Waals surface area contributed by atoms with Gasteiger partial charge in [-0.15, -0.1) is 0 Å². The lowest BCUT2D eigenvalue weighted by Gasteiger charge is -2.27. The van der Waals surface area contributed by atoms with Gasteiger partial charge in [-0.2, -0.15) is 5.10 Å². The zero-order valence-corrected chi connectivity index (χ0v) is 21.5. The van der Waals surface area contributed by atoms with Gasteiger partial charge >= 0.3 is 6.09 Å². The molecule has 0 saturated heterocycles. The van der Waals surface area contributed by atoms with Crippen LogP contribution in [0, 0.1) is 0 Å². The molecule has 10 heteroatoms. The number of nitrogens with one attached hydrogen (secondary N) is 1. The first-order valence-corrected chi connectivity index (χ1v) is 11.9. The summed E-state index contributed by atoms with van der Waals surface area (Å²) in [6.45, 7) is 6.90. The van der Waals surface area contributed by atoms with Crippen LogP contribution in [-0.4, -0.2) is 53.6 Å². The van der Waals surface area contributed by atoms with E-state index in [1.807, 2.05) is 57.2 Å². The van der Waals surface area contributed by atoms with Gasteiger partial charge in [-0.05, 0) is 56.7 Å². The average Bonchev–Trinajstić information content (AvgIpc) is 3.24. The standard InChI is InChI=1S/C27H30N6O4/c1-27(2,3)37-26(34)31-19-8-6-16(12-22(19)35-5)18-14-21(33-24(18)25(28)29-15-30-33)17-7-9-20-23(13-17)36-11-10-32(20)4/h6-9,12-15H,10-11H2,1-5H3,(H,31,34)(H2,28,29,30). The van der Waals surface area contributed by atoms with Crippen LogP contribution in [0.4, 0.5) is 22.0 Å². The lowest BCUT2D eigenvalue weighted by molar-refractivity contribution is 0.0635. The van der Waals surface area contributed by atoms with Gasteiger partial charge in [-0.25, -0.2) is 14.3 Å². The topological polar surface area (TPSA) is 116 Å². The SMILES string of the molecule is COc1cc(-c2cc(-c3ccc4c(c3)OCCN4C)n3ncnc(N)c23)ccc1NC(=O)OC(C)(C)C. The van der Waals surface area contributed by atoms with Crippen molar-refractivity contribution < 1.29 is 19.0 Å². The monoisotopic (exact) mass is 502 g/mol. The lowest BCUT2D eigenvalue weighted by atomic mass is 10.0. The van der Waals surface area contributed by atoms with Crippen molar-refractivity contribution in [3.8, 4) is 33.9 Å². The molecular weight excluding hydrogens is 472 g/mol. The van der Waals surface area contributed by atoms with E-state index in [9.17, 15) is 4.79 Å². The molecule has 1 aliphatic rings.